The van der Waals surface area contributed by atoms with Crippen molar-refractivity contribution >= 4 is 17.5 Å². The van der Waals surface area contributed by atoms with Gasteiger partial charge >= 0.3 is 5.97 Å². The molecule has 9 aliphatic rings. The van der Waals surface area contributed by atoms with Gasteiger partial charge in [0.25, 0.3) is 0 Å². The predicted molar refractivity (Wildman–Crippen MR) is 132 cm³/mol. The van der Waals surface area contributed by atoms with Crippen LogP contribution < -0.4 is 0 Å². The maximum absolute atomic E-state index is 14.4. The average Bonchev–Trinajstić information content (AvgIpc) is 3.11. The first-order chi connectivity index (χ1) is 17.5. The minimum atomic E-state index is -0.828. The van der Waals surface area contributed by atoms with E-state index in [1.807, 2.05) is 6.92 Å². The van der Waals surface area contributed by atoms with Gasteiger partial charge in [-0.2, -0.15) is 0 Å². The number of ketones is 2. The Morgan fingerprint density at radius 1 is 1.05 bits per heavy atom. The van der Waals surface area contributed by atoms with Crippen molar-refractivity contribution in [1.29, 1.82) is 0 Å². The number of nitrogens with zero attached hydrogens (tertiary/aromatic N) is 1. The molecule has 5 saturated carbocycles. The largest absolute Gasteiger partial charge is 0.443 e. The summed E-state index contributed by atoms with van der Waals surface area (Å²) >= 11 is 0. The highest BCUT2D eigenvalue weighted by Gasteiger charge is 2.85. The molecule has 7 nitrogen and oxygen atoms in total. The zero-order valence-corrected chi connectivity index (χ0v) is 22.6. The molecule has 0 unspecified atom stereocenters. The van der Waals surface area contributed by atoms with Gasteiger partial charge in [-0.05, 0) is 67.1 Å². The van der Waals surface area contributed by atoms with Crippen molar-refractivity contribution in [3.05, 3.63) is 0 Å². The van der Waals surface area contributed by atoms with Crippen LogP contribution in [0, 0.1) is 57.7 Å². The number of fused-ring (bicyclic) bond motifs is 3. The molecule has 37 heavy (non-hydrogen) atoms. The number of rotatable bonds is 1. The number of hydrogen-bond donors (Lipinski definition) is 1. The monoisotopic (exact) mass is 511 g/mol. The maximum Gasteiger partial charge on any atom is 0.308 e. The van der Waals surface area contributed by atoms with Crippen LogP contribution in [-0.4, -0.2) is 58.2 Å². The van der Waals surface area contributed by atoms with E-state index in [-0.39, 0.29) is 83.0 Å². The third kappa shape index (κ3) is 2.31. The molecular formula is C30H41NO6. The SMILES string of the molecule is C[C@H]1C[C@@H]2CN3[C@](CC[C@@]4(C)[C@@]5(C)CC(=O)O[C@@]34C[C@@]34C[C@@H]6C(=O)[C@H]([C@H]3C[C@H]6CO)[C@@H](C)C(=O)[C@@H]45)(C1)O2. The van der Waals surface area contributed by atoms with E-state index >= 15 is 0 Å². The number of Topliss-reactive ketones (excluding diaryl/α,β-unsaturated/α-hetero) is 2. The van der Waals surface area contributed by atoms with Gasteiger partial charge < -0.3 is 14.6 Å². The third-order valence-electron chi connectivity index (χ3n) is 13.8. The summed E-state index contributed by atoms with van der Waals surface area (Å²) < 4.78 is 13.5. The molecule has 4 saturated heterocycles. The topological polar surface area (TPSA) is 93.1 Å². The van der Waals surface area contributed by atoms with E-state index in [1.165, 1.54) is 0 Å². The lowest BCUT2D eigenvalue weighted by atomic mass is 9.29. The molecule has 9 fully saturated rings. The van der Waals surface area contributed by atoms with Crippen molar-refractivity contribution in [2.45, 2.75) is 96.6 Å². The van der Waals surface area contributed by atoms with Gasteiger partial charge in [0.1, 0.15) is 17.3 Å². The molecule has 4 aliphatic heterocycles. The molecule has 202 valence electrons. The van der Waals surface area contributed by atoms with Gasteiger partial charge in [0.2, 0.25) is 0 Å². The number of aliphatic hydroxyl groups is 1. The molecule has 0 radical (unpaired) electrons. The summed E-state index contributed by atoms with van der Waals surface area (Å²) in [5.41, 5.74) is -2.54. The number of piperidine rings is 1. The van der Waals surface area contributed by atoms with Crippen molar-refractivity contribution in [3.8, 4) is 0 Å². The highest BCUT2D eigenvalue weighted by molar-refractivity contribution is 5.97. The first kappa shape index (κ1) is 23.6. The average molecular weight is 512 g/mol. The van der Waals surface area contributed by atoms with Gasteiger partial charge in [0.15, 0.2) is 5.72 Å². The number of hydrogen-bond acceptors (Lipinski definition) is 7. The van der Waals surface area contributed by atoms with E-state index in [4.69, 9.17) is 9.47 Å². The molecule has 0 amide bonds. The number of carbonyl (C=O) groups is 3. The third-order valence-corrected chi connectivity index (χ3v) is 13.8. The van der Waals surface area contributed by atoms with Crippen LogP contribution in [0.15, 0.2) is 0 Å². The van der Waals surface area contributed by atoms with Gasteiger partial charge in [-0.1, -0.05) is 27.7 Å². The molecule has 0 aromatic heterocycles. The standard InChI is InChI=1S/C30H41NO6/c1-15-7-18-12-31-29(9-15,36-18)6-5-27(4)26(3)11-21(33)37-30(27,31)14-28-10-19-17(13-32)8-20(28)22(24(19)35)16(2)23(34)25(26)28/h15-20,22,25,32H,5-14H2,1-4H3/t15-,16+,17-,18+,19-,20+,22-,25+,26-,27-,28-,29-,30+/m0/s1. The Bertz CT molecular complexity index is 1140. The van der Waals surface area contributed by atoms with E-state index < -0.39 is 16.9 Å². The number of carbonyl (C=O) groups excluding carboxylic acids is 3. The Labute approximate surface area is 219 Å². The molecular weight excluding hydrogens is 470 g/mol. The first-order valence-corrected chi connectivity index (χ1v) is 14.8. The molecule has 0 aromatic rings. The minimum Gasteiger partial charge on any atom is -0.443 e. The summed E-state index contributed by atoms with van der Waals surface area (Å²) in [6.45, 7) is 9.59. The molecule has 8 bridgehead atoms. The summed E-state index contributed by atoms with van der Waals surface area (Å²) in [6.07, 6.45) is 6.22. The van der Waals surface area contributed by atoms with Gasteiger partial charge in [-0.15, -0.1) is 0 Å². The fraction of sp³-hybridized carbons (Fsp3) is 0.900. The van der Waals surface area contributed by atoms with Crippen molar-refractivity contribution in [2.24, 2.45) is 57.7 Å². The van der Waals surface area contributed by atoms with Crippen LogP contribution in [0.2, 0.25) is 0 Å². The highest BCUT2D eigenvalue weighted by Crippen LogP contribution is 2.80. The molecule has 4 heterocycles. The number of esters is 1. The van der Waals surface area contributed by atoms with E-state index in [0.29, 0.717) is 18.8 Å². The number of aliphatic hydroxyl groups excluding tert-OH is 1. The van der Waals surface area contributed by atoms with Crippen molar-refractivity contribution < 1.29 is 29.0 Å². The molecule has 1 N–H and O–H groups in total. The van der Waals surface area contributed by atoms with Crippen molar-refractivity contribution in [3.63, 3.8) is 0 Å². The van der Waals surface area contributed by atoms with Crippen LogP contribution in [0.3, 0.4) is 0 Å². The summed E-state index contributed by atoms with van der Waals surface area (Å²) in [5.74, 6) is -0.244. The second kappa shape index (κ2) is 6.69. The molecule has 7 heteroatoms. The van der Waals surface area contributed by atoms with Gasteiger partial charge in [0.05, 0.1) is 12.5 Å². The summed E-state index contributed by atoms with van der Waals surface area (Å²) in [5, 5.41) is 10.2. The smallest absolute Gasteiger partial charge is 0.308 e. The molecule has 13 atom stereocenters. The Hall–Kier alpha value is -1.31. The first-order valence-electron chi connectivity index (χ1n) is 14.8. The minimum absolute atomic E-state index is 0.0192. The Morgan fingerprint density at radius 2 is 1.84 bits per heavy atom. The van der Waals surface area contributed by atoms with Crippen LogP contribution in [-0.2, 0) is 23.9 Å². The molecule has 0 aromatic carbocycles. The highest BCUT2D eigenvalue weighted by atomic mass is 16.6. The van der Waals surface area contributed by atoms with Crippen LogP contribution in [0.4, 0.5) is 0 Å². The van der Waals surface area contributed by atoms with Crippen LogP contribution in [0.5, 0.6) is 0 Å². The van der Waals surface area contributed by atoms with Crippen LogP contribution in [0.1, 0.15) is 79.1 Å². The van der Waals surface area contributed by atoms with Gasteiger partial charge in [0, 0.05) is 48.7 Å². The van der Waals surface area contributed by atoms with Crippen molar-refractivity contribution in [1.82, 2.24) is 4.90 Å². The lowest BCUT2D eigenvalue weighted by Crippen LogP contribution is -2.84. The summed E-state index contributed by atoms with van der Waals surface area (Å²) in [7, 11) is 0. The lowest BCUT2D eigenvalue weighted by Gasteiger charge is -2.79. The van der Waals surface area contributed by atoms with Gasteiger partial charge in [-0.3, -0.25) is 14.4 Å². The Balaban J connectivity index is 1.36. The normalized spacial score (nSPS) is 61.5. The predicted octanol–water partition coefficient (Wildman–Crippen LogP) is 3.32. The Morgan fingerprint density at radius 3 is 2.59 bits per heavy atom. The van der Waals surface area contributed by atoms with E-state index in [1.54, 1.807) is 0 Å². The second-order valence-corrected chi connectivity index (χ2v) is 15.1. The molecule has 2 spiro atoms. The zero-order valence-electron chi connectivity index (χ0n) is 22.6. The van der Waals surface area contributed by atoms with Crippen LogP contribution in [0.25, 0.3) is 0 Å². The van der Waals surface area contributed by atoms with Gasteiger partial charge in [-0.25, -0.2) is 4.90 Å². The van der Waals surface area contributed by atoms with Crippen LogP contribution >= 0.6 is 0 Å². The quantitative estimate of drug-likeness (QED) is 0.540. The zero-order chi connectivity index (χ0) is 25.9. The summed E-state index contributed by atoms with van der Waals surface area (Å²) in [4.78, 5) is 44.2. The molecule has 5 aliphatic carbocycles. The fourth-order valence-electron chi connectivity index (χ4n) is 12.5. The van der Waals surface area contributed by atoms with Crippen molar-refractivity contribution in [2.75, 3.05) is 13.2 Å². The molecule has 9 rings (SSSR count). The lowest BCUT2D eigenvalue weighted by molar-refractivity contribution is -0.387. The maximum atomic E-state index is 14.4. The fourth-order valence-corrected chi connectivity index (χ4v) is 12.5. The number of ether oxygens (including phenoxy) is 2. The van der Waals surface area contributed by atoms with E-state index in [0.717, 1.165) is 38.6 Å². The second-order valence-electron chi connectivity index (χ2n) is 15.1. The Kier molecular flexibility index (Phi) is 4.26. The van der Waals surface area contributed by atoms with E-state index in [2.05, 4.69) is 25.7 Å². The summed E-state index contributed by atoms with van der Waals surface area (Å²) in [6, 6.07) is 0. The van der Waals surface area contributed by atoms with E-state index in [9.17, 15) is 19.5 Å².